The Hall–Kier alpha value is -2.11. The van der Waals surface area contributed by atoms with Gasteiger partial charge < -0.3 is 10.4 Å². The highest BCUT2D eigenvalue weighted by Gasteiger charge is 2.18. The van der Waals surface area contributed by atoms with Crippen molar-refractivity contribution >= 4 is 17.3 Å². The highest BCUT2D eigenvalue weighted by Crippen LogP contribution is 2.28. The van der Waals surface area contributed by atoms with E-state index >= 15 is 0 Å². The largest absolute Gasteiger partial charge is 0.481 e. The number of anilines is 1. The number of hydrogen-bond donors (Lipinski definition) is 2. The van der Waals surface area contributed by atoms with Crippen LogP contribution in [0.2, 0.25) is 0 Å². The van der Waals surface area contributed by atoms with E-state index in [2.05, 4.69) is 5.32 Å². The summed E-state index contributed by atoms with van der Waals surface area (Å²) in [4.78, 5) is 20.9. The molecule has 1 rings (SSSR count). The monoisotopic (exact) mass is 238 g/mol. The van der Waals surface area contributed by atoms with E-state index in [0.717, 1.165) is 0 Å². The zero-order valence-electron chi connectivity index (χ0n) is 9.64. The van der Waals surface area contributed by atoms with Crippen molar-refractivity contribution in [3.63, 3.8) is 0 Å². The lowest BCUT2D eigenvalue weighted by Gasteiger charge is -2.13. The van der Waals surface area contributed by atoms with Crippen molar-refractivity contribution in [1.29, 1.82) is 0 Å². The number of nitro benzene ring substituents is 1. The molecule has 0 spiro atoms. The van der Waals surface area contributed by atoms with Gasteiger partial charge in [0.2, 0.25) is 0 Å². The van der Waals surface area contributed by atoms with Crippen LogP contribution in [0.25, 0.3) is 0 Å². The van der Waals surface area contributed by atoms with Gasteiger partial charge in [-0.1, -0.05) is 12.1 Å². The Bertz CT molecular complexity index is 445. The third-order valence-corrected chi connectivity index (χ3v) is 2.30. The fraction of sp³-hybridized carbons (Fsp3) is 0.364. The second-order valence-corrected chi connectivity index (χ2v) is 3.87. The average molecular weight is 238 g/mol. The highest BCUT2D eigenvalue weighted by atomic mass is 16.6. The molecule has 6 heteroatoms. The molecule has 0 saturated heterocycles. The fourth-order valence-corrected chi connectivity index (χ4v) is 1.60. The van der Waals surface area contributed by atoms with Crippen LogP contribution in [0.1, 0.15) is 18.9 Å². The van der Waals surface area contributed by atoms with Crippen molar-refractivity contribution in [3.05, 3.63) is 33.9 Å². The molecule has 0 aliphatic heterocycles. The average Bonchev–Trinajstić information content (AvgIpc) is 2.15. The van der Waals surface area contributed by atoms with E-state index in [9.17, 15) is 14.9 Å². The fourth-order valence-electron chi connectivity index (χ4n) is 1.60. The van der Waals surface area contributed by atoms with Crippen LogP contribution in [0.3, 0.4) is 0 Å². The zero-order chi connectivity index (χ0) is 13.0. The van der Waals surface area contributed by atoms with E-state index in [-0.39, 0.29) is 18.2 Å². The maximum Gasteiger partial charge on any atom is 0.305 e. The van der Waals surface area contributed by atoms with E-state index in [1.165, 1.54) is 0 Å². The number of para-hydroxylation sites is 1. The van der Waals surface area contributed by atoms with Crippen LogP contribution in [-0.2, 0) is 4.79 Å². The maximum absolute atomic E-state index is 10.9. The number of carboxylic acids is 1. The first-order valence-corrected chi connectivity index (χ1v) is 5.14. The summed E-state index contributed by atoms with van der Waals surface area (Å²) in [7, 11) is 0. The number of hydrogen-bond acceptors (Lipinski definition) is 4. The molecule has 17 heavy (non-hydrogen) atoms. The van der Waals surface area contributed by atoms with Gasteiger partial charge in [-0.3, -0.25) is 14.9 Å². The number of benzene rings is 1. The van der Waals surface area contributed by atoms with Crippen LogP contribution < -0.4 is 5.32 Å². The normalized spacial score (nSPS) is 11.9. The number of carboxylic acid groups (broad SMARTS) is 1. The molecule has 0 heterocycles. The molecular formula is C11H14N2O4. The SMILES string of the molecule is Cc1cccc(NC(C)CC(=O)O)c1[N+](=O)[O-]. The number of nitro groups is 1. The van der Waals surface area contributed by atoms with Gasteiger partial charge in [-0.2, -0.15) is 0 Å². The van der Waals surface area contributed by atoms with E-state index in [1.807, 2.05) is 0 Å². The van der Waals surface area contributed by atoms with E-state index in [1.54, 1.807) is 32.0 Å². The standard InChI is InChI=1S/C11H14N2O4/c1-7-4-3-5-9(11(7)13(16)17)12-8(2)6-10(14)15/h3-5,8,12H,6H2,1-2H3,(H,14,15). The van der Waals surface area contributed by atoms with Crippen molar-refractivity contribution in [3.8, 4) is 0 Å². The highest BCUT2D eigenvalue weighted by molar-refractivity contribution is 5.70. The molecule has 1 unspecified atom stereocenters. The molecule has 1 atom stereocenters. The summed E-state index contributed by atoms with van der Waals surface area (Å²) in [5.74, 6) is -0.944. The number of aryl methyl sites for hydroxylation is 1. The summed E-state index contributed by atoms with van der Waals surface area (Å²) in [5, 5.41) is 22.4. The van der Waals surface area contributed by atoms with Crippen LogP contribution in [0.4, 0.5) is 11.4 Å². The summed E-state index contributed by atoms with van der Waals surface area (Å²) in [5.41, 5.74) is 0.885. The Morgan fingerprint density at radius 1 is 1.59 bits per heavy atom. The van der Waals surface area contributed by atoms with E-state index < -0.39 is 10.9 Å². The van der Waals surface area contributed by atoms with Crippen LogP contribution >= 0.6 is 0 Å². The van der Waals surface area contributed by atoms with Crippen molar-refractivity contribution in [1.82, 2.24) is 0 Å². The minimum Gasteiger partial charge on any atom is -0.481 e. The first-order valence-electron chi connectivity index (χ1n) is 5.14. The zero-order valence-corrected chi connectivity index (χ0v) is 9.64. The summed E-state index contributed by atoms with van der Waals surface area (Å²) >= 11 is 0. The summed E-state index contributed by atoms with van der Waals surface area (Å²) in [6.45, 7) is 3.31. The molecule has 0 radical (unpaired) electrons. The number of carbonyl (C=O) groups is 1. The molecular weight excluding hydrogens is 224 g/mol. The van der Waals surface area contributed by atoms with Gasteiger partial charge in [-0.25, -0.2) is 0 Å². The Morgan fingerprint density at radius 3 is 2.76 bits per heavy atom. The molecule has 0 amide bonds. The second-order valence-electron chi connectivity index (χ2n) is 3.87. The molecule has 0 saturated carbocycles. The molecule has 1 aromatic rings. The lowest BCUT2D eigenvalue weighted by atomic mass is 10.1. The molecule has 92 valence electrons. The Balaban J connectivity index is 2.94. The predicted octanol–water partition coefficient (Wildman–Crippen LogP) is 2.18. The van der Waals surface area contributed by atoms with Gasteiger partial charge in [-0.15, -0.1) is 0 Å². The molecule has 0 fully saturated rings. The van der Waals surface area contributed by atoms with Crippen molar-refractivity contribution in [2.24, 2.45) is 0 Å². The van der Waals surface area contributed by atoms with Gasteiger partial charge in [0.05, 0.1) is 11.3 Å². The van der Waals surface area contributed by atoms with Crippen LogP contribution in [-0.4, -0.2) is 22.0 Å². The second kappa shape index (κ2) is 5.29. The van der Waals surface area contributed by atoms with Crippen molar-refractivity contribution in [2.75, 3.05) is 5.32 Å². The molecule has 0 aromatic heterocycles. The predicted molar refractivity (Wildman–Crippen MR) is 63.2 cm³/mol. The summed E-state index contributed by atoms with van der Waals surface area (Å²) in [6, 6.07) is 4.54. The minimum absolute atomic E-state index is 0.00950. The third-order valence-electron chi connectivity index (χ3n) is 2.30. The van der Waals surface area contributed by atoms with Crippen LogP contribution in [0, 0.1) is 17.0 Å². The number of aliphatic carboxylic acids is 1. The van der Waals surface area contributed by atoms with Gasteiger partial charge in [-0.05, 0) is 19.9 Å². The molecule has 1 aromatic carbocycles. The van der Waals surface area contributed by atoms with Gasteiger partial charge in [0.1, 0.15) is 5.69 Å². The Morgan fingerprint density at radius 2 is 2.24 bits per heavy atom. The van der Waals surface area contributed by atoms with Gasteiger partial charge in [0, 0.05) is 11.6 Å². The van der Waals surface area contributed by atoms with E-state index in [0.29, 0.717) is 11.3 Å². The first kappa shape index (κ1) is 13.0. The topological polar surface area (TPSA) is 92.5 Å². The number of nitrogens with zero attached hydrogens (tertiary/aromatic N) is 1. The number of rotatable bonds is 5. The molecule has 6 nitrogen and oxygen atoms in total. The first-order chi connectivity index (χ1) is 7.91. The lowest BCUT2D eigenvalue weighted by molar-refractivity contribution is -0.384. The Labute approximate surface area is 98.4 Å². The smallest absolute Gasteiger partial charge is 0.305 e. The molecule has 0 aliphatic carbocycles. The molecule has 2 N–H and O–H groups in total. The van der Waals surface area contributed by atoms with Gasteiger partial charge >= 0.3 is 5.97 Å². The van der Waals surface area contributed by atoms with Gasteiger partial charge in [0.15, 0.2) is 0 Å². The van der Waals surface area contributed by atoms with Crippen LogP contribution in [0.5, 0.6) is 0 Å². The quantitative estimate of drug-likeness (QED) is 0.605. The third kappa shape index (κ3) is 3.44. The Kier molecular flexibility index (Phi) is 4.03. The van der Waals surface area contributed by atoms with Crippen molar-refractivity contribution in [2.45, 2.75) is 26.3 Å². The summed E-state index contributed by atoms with van der Waals surface area (Å²) < 4.78 is 0. The molecule has 0 bridgehead atoms. The number of nitrogens with one attached hydrogen (secondary N) is 1. The minimum atomic E-state index is -0.944. The van der Waals surface area contributed by atoms with E-state index in [4.69, 9.17) is 5.11 Å². The maximum atomic E-state index is 10.9. The summed E-state index contributed by atoms with van der Waals surface area (Å²) in [6.07, 6.45) is -0.0922. The van der Waals surface area contributed by atoms with Crippen molar-refractivity contribution < 1.29 is 14.8 Å². The van der Waals surface area contributed by atoms with Crippen LogP contribution in [0.15, 0.2) is 18.2 Å². The lowest BCUT2D eigenvalue weighted by Crippen LogP contribution is -2.20. The molecule has 0 aliphatic rings. The van der Waals surface area contributed by atoms with Gasteiger partial charge in [0.25, 0.3) is 5.69 Å².